The maximum absolute atomic E-state index is 15.6. The van der Waals surface area contributed by atoms with Gasteiger partial charge in [-0.2, -0.15) is 26.3 Å². The average molecular weight is 1480 g/mol. The first kappa shape index (κ1) is 82.7. The first-order valence-electron chi connectivity index (χ1n) is 36.0. The Balaban J connectivity index is 1.31. The van der Waals surface area contributed by atoms with Crippen molar-refractivity contribution in [2.75, 3.05) is 68.5 Å². The monoisotopic (exact) mass is 1480 g/mol. The number of amides is 11. The molecule has 2 aliphatic carbocycles. The van der Waals surface area contributed by atoms with Crippen LogP contribution in [0.3, 0.4) is 0 Å². The quantitative estimate of drug-likeness (QED) is 0.177. The van der Waals surface area contributed by atoms with Crippen molar-refractivity contribution in [1.29, 1.82) is 0 Å². The molecule has 572 valence electrons. The first-order chi connectivity index (χ1) is 48.3. The van der Waals surface area contributed by atoms with E-state index in [-0.39, 0.29) is 94.0 Å². The van der Waals surface area contributed by atoms with Crippen molar-refractivity contribution in [3.63, 3.8) is 0 Å². The van der Waals surface area contributed by atoms with E-state index in [1.165, 1.54) is 66.7 Å². The van der Waals surface area contributed by atoms with Crippen LogP contribution in [0.4, 0.5) is 26.3 Å². The Kier molecular flexibility index (Phi) is 28.1. The Morgan fingerprint density at radius 2 is 1.27 bits per heavy atom. The molecule has 0 bridgehead atoms. The Hall–Kier alpha value is -7.56. The lowest BCUT2D eigenvalue weighted by Crippen LogP contribution is -2.65. The Labute approximate surface area is 605 Å². The minimum atomic E-state index is -4.81. The third kappa shape index (κ3) is 19.7. The second-order valence-electron chi connectivity index (χ2n) is 29.4. The summed E-state index contributed by atoms with van der Waals surface area (Å²) >= 11 is 6.16. The van der Waals surface area contributed by atoms with E-state index in [1.807, 2.05) is 20.8 Å². The fourth-order valence-electron chi connectivity index (χ4n) is 14.9. The number of nitrogens with one attached hydrogen (secondary N) is 3. The number of halogens is 7. The van der Waals surface area contributed by atoms with Crippen molar-refractivity contribution in [3.05, 3.63) is 69.7 Å². The van der Waals surface area contributed by atoms with E-state index in [1.54, 1.807) is 27.8 Å². The number of hydrogen-bond donors (Lipinski definition) is 3. The molecule has 23 nitrogen and oxygen atoms in total. The zero-order valence-electron chi connectivity index (χ0n) is 61.5. The highest BCUT2D eigenvalue weighted by Crippen LogP contribution is 2.39. The second-order valence-corrected chi connectivity index (χ2v) is 29.8. The van der Waals surface area contributed by atoms with Crippen LogP contribution in [0.15, 0.2) is 42.5 Å². The van der Waals surface area contributed by atoms with E-state index in [0.717, 1.165) is 76.4 Å². The minimum absolute atomic E-state index is 0.0257. The highest BCUT2D eigenvalue weighted by Gasteiger charge is 2.52. The molecular formula is C73H104ClF6N11O12. The van der Waals surface area contributed by atoms with Crippen LogP contribution < -0.4 is 16.0 Å². The van der Waals surface area contributed by atoms with Crippen LogP contribution in [0.25, 0.3) is 0 Å². The molecule has 3 N–H and O–H groups in total. The predicted molar refractivity (Wildman–Crippen MR) is 371 cm³/mol. The third-order valence-corrected chi connectivity index (χ3v) is 22.1. The summed E-state index contributed by atoms with van der Waals surface area (Å²) in [6, 6.07) is -4.37. The summed E-state index contributed by atoms with van der Waals surface area (Å²) in [6.07, 6.45) is -6.07. The van der Waals surface area contributed by atoms with Crippen molar-refractivity contribution >= 4 is 76.6 Å². The van der Waals surface area contributed by atoms with Gasteiger partial charge in [-0.3, -0.25) is 52.7 Å². The molecule has 7 rings (SSSR count). The van der Waals surface area contributed by atoms with Crippen molar-refractivity contribution < 1.29 is 83.8 Å². The van der Waals surface area contributed by atoms with Gasteiger partial charge in [-0.1, -0.05) is 96.0 Å². The highest BCUT2D eigenvalue weighted by atomic mass is 35.5. The molecule has 1 spiro atoms. The van der Waals surface area contributed by atoms with Crippen LogP contribution in [0.5, 0.6) is 0 Å². The number of benzene rings is 2. The van der Waals surface area contributed by atoms with E-state index in [2.05, 4.69) is 16.0 Å². The molecule has 2 aromatic rings. The van der Waals surface area contributed by atoms with Crippen molar-refractivity contribution in [2.45, 2.75) is 236 Å². The van der Waals surface area contributed by atoms with Gasteiger partial charge in [0, 0.05) is 87.3 Å². The summed E-state index contributed by atoms with van der Waals surface area (Å²) in [5.74, 6) is -8.79. The largest absolute Gasteiger partial charge is 0.417 e. The second kappa shape index (κ2) is 35.0. The lowest BCUT2D eigenvalue weighted by molar-refractivity contribution is -0.160. The van der Waals surface area contributed by atoms with Crippen molar-refractivity contribution in [3.8, 4) is 0 Å². The van der Waals surface area contributed by atoms with Gasteiger partial charge in [0.2, 0.25) is 65.0 Å². The summed E-state index contributed by atoms with van der Waals surface area (Å²) in [7, 11) is 8.39. The van der Waals surface area contributed by atoms with Crippen LogP contribution in [-0.2, 0) is 82.7 Å². The van der Waals surface area contributed by atoms with Crippen LogP contribution in [0.1, 0.15) is 167 Å². The van der Waals surface area contributed by atoms with Gasteiger partial charge in [0.15, 0.2) is 0 Å². The van der Waals surface area contributed by atoms with Gasteiger partial charge in [-0.15, -0.1) is 0 Å². The maximum atomic E-state index is 15.6. The molecule has 5 fully saturated rings. The average Bonchev–Trinajstić information content (AvgIpc) is 1.76. The maximum Gasteiger partial charge on any atom is 0.417 e. The summed E-state index contributed by atoms with van der Waals surface area (Å²) in [5, 5.41) is 7.99. The number of carbonyl (C=O) groups excluding carboxylic acids is 11. The Morgan fingerprint density at radius 1 is 0.641 bits per heavy atom. The number of hydrogen-bond acceptors (Lipinski definition) is 12. The molecule has 3 aliphatic heterocycles. The number of likely N-dealkylation sites (N-methyl/N-ethyl adjacent to an activating group) is 6. The molecule has 11 amide bonds. The molecule has 5 aliphatic rings. The van der Waals surface area contributed by atoms with E-state index >= 15 is 24.0 Å². The number of rotatable bonds is 12. The number of nitrogens with zero attached hydrogens (tertiary/aromatic N) is 8. The molecule has 0 aromatic heterocycles. The summed E-state index contributed by atoms with van der Waals surface area (Å²) in [5.41, 5.74) is -3.34. The number of alkyl halides is 6. The van der Waals surface area contributed by atoms with Gasteiger partial charge < -0.3 is 59.9 Å². The van der Waals surface area contributed by atoms with Crippen LogP contribution in [0.2, 0.25) is 5.02 Å². The molecule has 0 radical (unpaired) electrons. The van der Waals surface area contributed by atoms with E-state index < -0.39 is 178 Å². The summed E-state index contributed by atoms with van der Waals surface area (Å²) in [6.45, 7) is 11.3. The van der Waals surface area contributed by atoms with Gasteiger partial charge >= 0.3 is 12.4 Å². The smallest absolute Gasteiger partial charge is 0.377 e. The molecule has 30 heteroatoms. The zero-order valence-corrected chi connectivity index (χ0v) is 62.3. The summed E-state index contributed by atoms with van der Waals surface area (Å²) in [4.78, 5) is 175. The third-order valence-electron chi connectivity index (χ3n) is 21.8. The van der Waals surface area contributed by atoms with E-state index in [4.69, 9.17) is 16.3 Å². The topological polar surface area (TPSA) is 259 Å². The number of fused-ring (bicyclic) bond motifs is 2. The number of aryl methyl sites for hydroxylation is 1. The fraction of sp³-hybridized carbons (Fsp3) is 0.685. The number of ether oxygens (including phenoxy) is 1. The predicted octanol–water partition coefficient (Wildman–Crippen LogP) is 7.27. The standard InChI is InChI=1S/C73H104ClF6N11O12/c1-14-43(5)60-68(100)86(10)45(7)64(96)90-34-31-54(90)67(99)88(12)57(38-47-23-27-49(28-24-47)72(75,76)77)66(98)84(8)41-58(92)81-53(30-26-46-25-29-51(52(74)37-46)73(78,79)80)65(97)91-40-50(103-15-2)39-56(91)63(95)83-71(32-19-20-33-71)70(102)89(13)61(48-21-17-16-18-22-48)69(101)85(9)44(6)36-59(93)87(11)55(35-42(3)4)62(94)82-60/h23-25,27-29,37,42-45,48,50,53-57,60-61H,14-22,26,30-36,38-41H2,1-13H3,(H,81,92)(H,82,94)(H,83,95)/t43-,44+,45-,50+,53-,54-,55-,56-,57-,60-,61-/m0/s1. The molecule has 2 aromatic carbocycles. The SMILES string of the molecule is CCO[C@@H]1C[C@H]2C(=O)NC3(CCCC3)C(=O)N(C)[C@@H](C3CCCCC3)C(=O)N(C)[C@H](C)CC(=O)N(C)[C@@H](CC(C)C)C(=O)N[C@@H]([C@@H](C)CC)C(=O)N(C)[C@@H](C)C(=O)N3CC[C@H]3C(=O)N(C)[C@@H](Cc3ccc(C(F)(F)F)cc3)C(=O)N(C)CC(=O)N[C@@H](CCc3ccc(C(F)(F)F)c(Cl)c3)C(=O)N2C1. The molecular weight excluding hydrogens is 1370 g/mol. The van der Waals surface area contributed by atoms with Gasteiger partial charge in [0.05, 0.1) is 28.8 Å². The number of carbonyl (C=O) groups is 11. The normalized spacial score (nSPS) is 27.3. The van der Waals surface area contributed by atoms with Gasteiger partial charge in [-0.05, 0) is 125 Å². The van der Waals surface area contributed by atoms with Gasteiger partial charge in [-0.25, -0.2) is 0 Å². The molecule has 2 saturated carbocycles. The molecule has 3 saturated heterocycles. The van der Waals surface area contributed by atoms with Gasteiger partial charge in [0.1, 0.15) is 53.9 Å². The van der Waals surface area contributed by atoms with Crippen LogP contribution in [-0.4, -0.2) is 239 Å². The summed E-state index contributed by atoms with van der Waals surface area (Å²) < 4.78 is 89.4. The lowest BCUT2D eigenvalue weighted by Gasteiger charge is -2.45. The molecule has 0 unspecified atom stereocenters. The van der Waals surface area contributed by atoms with E-state index in [9.17, 15) is 55.1 Å². The van der Waals surface area contributed by atoms with Crippen molar-refractivity contribution in [2.24, 2.45) is 17.8 Å². The minimum Gasteiger partial charge on any atom is -0.377 e. The van der Waals surface area contributed by atoms with Crippen LogP contribution in [0, 0.1) is 17.8 Å². The Bertz CT molecular complexity index is 3410. The Morgan fingerprint density at radius 3 is 1.83 bits per heavy atom. The highest BCUT2D eigenvalue weighted by molar-refractivity contribution is 6.31. The molecule has 103 heavy (non-hydrogen) atoms. The van der Waals surface area contributed by atoms with Gasteiger partial charge in [0.25, 0.3) is 0 Å². The molecule has 11 atom stereocenters. The van der Waals surface area contributed by atoms with Crippen LogP contribution >= 0.6 is 11.6 Å². The fourth-order valence-corrected chi connectivity index (χ4v) is 15.3. The molecule has 3 heterocycles. The van der Waals surface area contributed by atoms with Crippen molar-refractivity contribution in [1.82, 2.24) is 55.1 Å². The first-order valence-corrected chi connectivity index (χ1v) is 36.4. The lowest BCUT2D eigenvalue weighted by atomic mass is 9.81. The zero-order chi connectivity index (χ0) is 76.5. The van der Waals surface area contributed by atoms with E-state index in [0.29, 0.717) is 32.1 Å².